The van der Waals surface area contributed by atoms with Crippen LogP contribution in [0.25, 0.3) is 0 Å². The van der Waals surface area contributed by atoms with Crippen LogP contribution in [-0.4, -0.2) is 12.4 Å². The highest BCUT2D eigenvalue weighted by molar-refractivity contribution is 5.81. The maximum absolute atomic E-state index is 13.1. The van der Waals surface area contributed by atoms with Crippen molar-refractivity contribution in [2.24, 2.45) is 5.92 Å². The van der Waals surface area contributed by atoms with Gasteiger partial charge in [0.15, 0.2) is 23.2 Å². The van der Waals surface area contributed by atoms with Crippen molar-refractivity contribution in [3.05, 3.63) is 29.3 Å². The number of carbonyl (C=O) groups excluding carboxylic acids is 1. The molecule has 0 N–H and O–H groups in total. The second-order valence-corrected chi connectivity index (χ2v) is 3.71. The number of carbonyl (C=O) groups is 1. The van der Waals surface area contributed by atoms with E-state index in [1.165, 1.54) is 0 Å². The van der Waals surface area contributed by atoms with Gasteiger partial charge in [-0.15, -0.1) is 0 Å². The minimum Gasteiger partial charge on any atom is -0.480 e. The summed E-state index contributed by atoms with van der Waals surface area (Å²) in [5, 5.41) is 0. The monoisotopic (exact) mass is 250 g/mol. The van der Waals surface area contributed by atoms with Gasteiger partial charge in [0, 0.05) is 12.0 Å². The molecule has 6 heteroatoms. The van der Waals surface area contributed by atoms with Crippen LogP contribution < -0.4 is 4.74 Å². The van der Waals surface area contributed by atoms with Crippen LogP contribution in [0.15, 0.2) is 6.07 Å². The van der Waals surface area contributed by atoms with Crippen molar-refractivity contribution in [1.82, 2.24) is 0 Å². The Hall–Kier alpha value is -1.59. The highest BCUT2D eigenvalue weighted by Gasteiger charge is 2.21. The van der Waals surface area contributed by atoms with E-state index in [4.69, 9.17) is 0 Å². The molecule has 0 fully saturated rings. The van der Waals surface area contributed by atoms with E-state index in [0.717, 1.165) is 0 Å². The summed E-state index contributed by atoms with van der Waals surface area (Å²) in [6, 6.07) is 0.0712. The van der Waals surface area contributed by atoms with Crippen molar-refractivity contribution in [3.8, 4) is 5.75 Å². The van der Waals surface area contributed by atoms with Crippen LogP contribution >= 0.6 is 0 Å². The fourth-order valence-electron chi connectivity index (χ4n) is 0.988. The molecular weight excluding hydrogens is 240 g/mol. The van der Waals surface area contributed by atoms with Crippen molar-refractivity contribution in [1.29, 1.82) is 0 Å². The van der Waals surface area contributed by atoms with E-state index in [1.807, 2.05) is 0 Å². The number of halogens is 4. The van der Waals surface area contributed by atoms with Gasteiger partial charge < -0.3 is 4.74 Å². The third-order valence-corrected chi connectivity index (χ3v) is 2.07. The lowest BCUT2D eigenvalue weighted by Crippen LogP contribution is -2.18. The molecule has 0 unspecified atom stereocenters. The van der Waals surface area contributed by atoms with Crippen molar-refractivity contribution in [3.63, 3.8) is 0 Å². The van der Waals surface area contributed by atoms with Gasteiger partial charge in [-0.3, -0.25) is 4.79 Å². The van der Waals surface area contributed by atoms with E-state index < -0.39 is 47.3 Å². The molecule has 0 heterocycles. The number of ketones is 1. The molecule has 0 saturated heterocycles. The lowest BCUT2D eigenvalue weighted by Gasteiger charge is -2.09. The normalized spacial score (nSPS) is 10.8. The first-order valence-electron chi connectivity index (χ1n) is 4.83. The number of benzene rings is 1. The fraction of sp³-hybridized carbons (Fsp3) is 0.364. The maximum atomic E-state index is 13.1. The lowest BCUT2D eigenvalue weighted by molar-refractivity contribution is -0.124. The first-order valence-corrected chi connectivity index (χ1v) is 4.83. The van der Waals surface area contributed by atoms with E-state index in [2.05, 4.69) is 4.74 Å². The van der Waals surface area contributed by atoms with Gasteiger partial charge in [-0.1, -0.05) is 13.8 Å². The molecule has 1 rings (SSSR count). The summed E-state index contributed by atoms with van der Waals surface area (Å²) in [4.78, 5) is 11.2. The van der Waals surface area contributed by atoms with Gasteiger partial charge in [0.2, 0.25) is 11.6 Å². The van der Waals surface area contributed by atoms with Gasteiger partial charge in [-0.05, 0) is 0 Å². The Labute approximate surface area is 95.2 Å². The number of ether oxygens (including phenoxy) is 1. The van der Waals surface area contributed by atoms with Crippen LogP contribution in [0.2, 0.25) is 0 Å². The molecule has 94 valence electrons. The molecule has 0 aliphatic heterocycles. The predicted octanol–water partition coefficient (Wildman–Crippen LogP) is 2.85. The van der Waals surface area contributed by atoms with Crippen molar-refractivity contribution >= 4 is 5.78 Å². The second-order valence-electron chi connectivity index (χ2n) is 3.71. The van der Waals surface area contributed by atoms with Gasteiger partial charge in [0.1, 0.15) is 6.61 Å². The van der Waals surface area contributed by atoms with E-state index >= 15 is 0 Å². The molecule has 1 aromatic carbocycles. The number of hydrogen-bond acceptors (Lipinski definition) is 2. The Morgan fingerprint density at radius 1 is 1.18 bits per heavy atom. The van der Waals surface area contributed by atoms with Gasteiger partial charge in [-0.25, -0.2) is 8.78 Å². The molecule has 2 nitrogen and oxygen atoms in total. The molecule has 0 aliphatic rings. The first kappa shape index (κ1) is 13.5. The SMILES string of the molecule is CC(C)C(=O)COc1c(F)c(F)cc(F)c1F. The zero-order valence-electron chi connectivity index (χ0n) is 9.19. The number of rotatable bonds is 4. The molecule has 0 aliphatic carbocycles. The molecule has 0 radical (unpaired) electrons. The Balaban J connectivity index is 2.95. The summed E-state index contributed by atoms with van der Waals surface area (Å²) in [5.74, 6) is -8.50. The molecule has 17 heavy (non-hydrogen) atoms. The Kier molecular flexibility index (Phi) is 4.09. The Morgan fingerprint density at radius 3 is 2.06 bits per heavy atom. The minimum absolute atomic E-state index is 0.0712. The summed E-state index contributed by atoms with van der Waals surface area (Å²) in [6.07, 6.45) is 0. The summed E-state index contributed by atoms with van der Waals surface area (Å²) in [7, 11) is 0. The summed E-state index contributed by atoms with van der Waals surface area (Å²) >= 11 is 0. The first-order chi connectivity index (χ1) is 7.84. The highest BCUT2D eigenvalue weighted by Crippen LogP contribution is 2.26. The summed E-state index contributed by atoms with van der Waals surface area (Å²) < 4.78 is 56.1. The van der Waals surface area contributed by atoms with Crippen molar-refractivity contribution in [2.75, 3.05) is 6.61 Å². The van der Waals surface area contributed by atoms with Crippen LogP contribution in [0, 0.1) is 29.2 Å². The molecule has 0 saturated carbocycles. The average Bonchev–Trinajstić information content (AvgIpc) is 2.26. The van der Waals surface area contributed by atoms with Crippen LogP contribution in [0.4, 0.5) is 17.6 Å². The molecular formula is C11H10F4O2. The Morgan fingerprint density at radius 2 is 1.65 bits per heavy atom. The molecule has 0 aromatic heterocycles. The maximum Gasteiger partial charge on any atom is 0.203 e. The second kappa shape index (κ2) is 5.16. The van der Waals surface area contributed by atoms with Crippen LogP contribution in [0.3, 0.4) is 0 Å². The fourth-order valence-corrected chi connectivity index (χ4v) is 0.988. The summed E-state index contributed by atoms with van der Waals surface area (Å²) in [5.41, 5.74) is 0. The van der Waals surface area contributed by atoms with Crippen LogP contribution in [-0.2, 0) is 4.79 Å². The molecule has 0 amide bonds. The smallest absolute Gasteiger partial charge is 0.203 e. The lowest BCUT2D eigenvalue weighted by atomic mass is 10.1. The molecule has 0 bridgehead atoms. The van der Waals surface area contributed by atoms with Crippen LogP contribution in [0.5, 0.6) is 5.75 Å². The quantitative estimate of drug-likeness (QED) is 0.606. The highest BCUT2D eigenvalue weighted by atomic mass is 19.2. The zero-order chi connectivity index (χ0) is 13.2. The number of Topliss-reactive ketones (excluding diaryl/α,β-unsaturated/α-hetero) is 1. The topological polar surface area (TPSA) is 26.3 Å². The van der Waals surface area contributed by atoms with Gasteiger partial charge in [-0.2, -0.15) is 8.78 Å². The van der Waals surface area contributed by atoms with Gasteiger partial charge in [0.05, 0.1) is 0 Å². The molecule has 1 aromatic rings. The van der Waals surface area contributed by atoms with Crippen molar-refractivity contribution < 1.29 is 27.1 Å². The van der Waals surface area contributed by atoms with Crippen LogP contribution in [0.1, 0.15) is 13.8 Å². The third kappa shape index (κ3) is 2.95. The largest absolute Gasteiger partial charge is 0.480 e. The zero-order valence-corrected chi connectivity index (χ0v) is 9.19. The average molecular weight is 250 g/mol. The van der Waals surface area contributed by atoms with E-state index in [0.29, 0.717) is 0 Å². The molecule has 0 atom stereocenters. The van der Waals surface area contributed by atoms with Gasteiger partial charge >= 0.3 is 0 Å². The summed E-state index contributed by atoms with van der Waals surface area (Å²) in [6.45, 7) is 2.48. The van der Waals surface area contributed by atoms with E-state index in [9.17, 15) is 22.4 Å². The minimum atomic E-state index is -1.65. The standard InChI is InChI=1S/C11H10F4O2/c1-5(2)8(16)4-17-11-9(14)6(12)3-7(13)10(11)15/h3,5H,4H2,1-2H3. The third-order valence-electron chi connectivity index (χ3n) is 2.07. The van der Waals surface area contributed by atoms with Crippen molar-refractivity contribution in [2.45, 2.75) is 13.8 Å². The van der Waals surface area contributed by atoms with E-state index in [-0.39, 0.29) is 6.07 Å². The molecule has 0 spiro atoms. The van der Waals surface area contributed by atoms with E-state index in [1.54, 1.807) is 13.8 Å². The predicted molar refractivity (Wildman–Crippen MR) is 51.6 cm³/mol. The Bertz CT molecular complexity index is 417. The van der Waals surface area contributed by atoms with Gasteiger partial charge in [0.25, 0.3) is 0 Å². The number of hydrogen-bond donors (Lipinski definition) is 0.